The van der Waals surface area contributed by atoms with Gasteiger partial charge in [-0.25, -0.2) is 4.68 Å². The third-order valence-corrected chi connectivity index (χ3v) is 3.63. The molecule has 1 amide bonds. The topological polar surface area (TPSA) is 64.0 Å². The zero-order valence-corrected chi connectivity index (χ0v) is 13.2. The molecule has 0 unspecified atom stereocenters. The van der Waals surface area contributed by atoms with Gasteiger partial charge in [-0.15, -0.1) is 0 Å². The number of aromatic nitrogens is 2. The van der Waals surface area contributed by atoms with Crippen LogP contribution >= 0.6 is 23.2 Å². The van der Waals surface area contributed by atoms with Crippen molar-refractivity contribution in [2.24, 2.45) is 0 Å². The third kappa shape index (κ3) is 5.13. The van der Waals surface area contributed by atoms with Crippen LogP contribution in [0.1, 0.15) is 39.5 Å². The summed E-state index contributed by atoms with van der Waals surface area (Å²) in [4.78, 5) is 23.5. The second-order valence-corrected chi connectivity index (χ2v) is 5.52. The number of nitrogens with zero attached hydrogens (tertiary/aromatic N) is 2. The van der Waals surface area contributed by atoms with Crippen LogP contribution in [0.5, 0.6) is 0 Å². The van der Waals surface area contributed by atoms with Gasteiger partial charge in [0.05, 0.1) is 11.2 Å². The molecule has 1 atom stereocenters. The van der Waals surface area contributed by atoms with Crippen molar-refractivity contribution in [3.05, 3.63) is 26.6 Å². The Morgan fingerprint density at radius 3 is 2.80 bits per heavy atom. The number of halogens is 2. The first-order chi connectivity index (χ1) is 9.45. The summed E-state index contributed by atoms with van der Waals surface area (Å²) in [6, 6.07) is 0.0764. The fourth-order valence-corrected chi connectivity index (χ4v) is 2.06. The lowest BCUT2D eigenvalue weighted by Crippen LogP contribution is -2.38. The first-order valence-corrected chi connectivity index (χ1v) is 7.41. The molecule has 0 saturated heterocycles. The van der Waals surface area contributed by atoms with Gasteiger partial charge < -0.3 is 5.32 Å². The third-order valence-electron chi connectivity index (χ3n) is 2.88. The molecule has 0 radical (unpaired) electrons. The van der Waals surface area contributed by atoms with E-state index in [1.807, 2.05) is 6.92 Å². The highest BCUT2D eigenvalue weighted by Crippen LogP contribution is 2.14. The molecule has 5 nitrogen and oxygen atoms in total. The first kappa shape index (κ1) is 17.0. The number of nitrogens with one attached hydrogen (secondary N) is 1. The highest BCUT2D eigenvalue weighted by atomic mass is 35.5. The SMILES string of the molecule is CCCCC[C@H](C)NC(=O)Cn1ncc(Cl)c(Cl)c1=O. The summed E-state index contributed by atoms with van der Waals surface area (Å²) in [6.45, 7) is 3.91. The first-order valence-electron chi connectivity index (χ1n) is 6.66. The molecule has 0 aliphatic carbocycles. The Labute approximate surface area is 128 Å². The summed E-state index contributed by atoms with van der Waals surface area (Å²) in [5.74, 6) is -0.262. The molecule has 0 bridgehead atoms. The molecule has 1 aromatic heterocycles. The van der Waals surface area contributed by atoms with Gasteiger partial charge in [-0.2, -0.15) is 5.10 Å². The normalized spacial score (nSPS) is 12.2. The van der Waals surface area contributed by atoms with Crippen molar-refractivity contribution >= 4 is 29.1 Å². The van der Waals surface area contributed by atoms with E-state index >= 15 is 0 Å². The fourth-order valence-electron chi connectivity index (χ4n) is 1.79. The van der Waals surface area contributed by atoms with Crippen LogP contribution in [-0.2, 0) is 11.3 Å². The number of hydrogen-bond donors (Lipinski definition) is 1. The molecule has 0 fully saturated rings. The Balaban J connectivity index is 2.55. The van der Waals surface area contributed by atoms with Gasteiger partial charge in [0, 0.05) is 6.04 Å². The number of carbonyl (C=O) groups is 1. The van der Waals surface area contributed by atoms with E-state index in [9.17, 15) is 9.59 Å². The van der Waals surface area contributed by atoms with Gasteiger partial charge in [0.15, 0.2) is 0 Å². The summed E-state index contributed by atoms with van der Waals surface area (Å²) >= 11 is 11.4. The van der Waals surface area contributed by atoms with Gasteiger partial charge in [-0.1, -0.05) is 49.4 Å². The maximum absolute atomic E-state index is 11.8. The second kappa shape index (κ2) is 8.27. The monoisotopic (exact) mass is 319 g/mol. The molecule has 0 aromatic carbocycles. The minimum Gasteiger partial charge on any atom is -0.352 e. The van der Waals surface area contributed by atoms with E-state index in [0.29, 0.717) is 0 Å². The fraction of sp³-hybridized carbons (Fsp3) is 0.615. The average molecular weight is 320 g/mol. The van der Waals surface area contributed by atoms with Crippen molar-refractivity contribution in [3.8, 4) is 0 Å². The summed E-state index contributed by atoms with van der Waals surface area (Å²) in [6.07, 6.45) is 5.53. The van der Waals surface area contributed by atoms with Gasteiger partial charge in [0.25, 0.3) is 5.56 Å². The number of amides is 1. The van der Waals surface area contributed by atoms with Crippen molar-refractivity contribution < 1.29 is 4.79 Å². The quantitative estimate of drug-likeness (QED) is 0.786. The molecule has 20 heavy (non-hydrogen) atoms. The average Bonchev–Trinajstić information content (AvgIpc) is 2.40. The van der Waals surface area contributed by atoms with Crippen molar-refractivity contribution in [1.82, 2.24) is 15.1 Å². The highest BCUT2D eigenvalue weighted by molar-refractivity contribution is 6.41. The summed E-state index contributed by atoms with van der Waals surface area (Å²) in [5, 5.41) is 6.59. The van der Waals surface area contributed by atoms with E-state index in [1.165, 1.54) is 6.20 Å². The molecule has 112 valence electrons. The Morgan fingerprint density at radius 2 is 2.15 bits per heavy atom. The smallest absolute Gasteiger partial charge is 0.287 e. The molecule has 0 aliphatic heterocycles. The number of hydrogen-bond acceptors (Lipinski definition) is 3. The van der Waals surface area contributed by atoms with Crippen LogP contribution in [-0.4, -0.2) is 21.7 Å². The lowest BCUT2D eigenvalue weighted by molar-refractivity contribution is -0.122. The van der Waals surface area contributed by atoms with E-state index in [2.05, 4.69) is 17.3 Å². The van der Waals surface area contributed by atoms with Gasteiger partial charge in [-0.05, 0) is 13.3 Å². The van der Waals surface area contributed by atoms with E-state index in [1.54, 1.807) is 0 Å². The maximum Gasteiger partial charge on any atom is 0.287 e. The van der Waals surface area contributed by atoms with Gasteiger partial charge in [-0.3, -0.25) is 9.59 Å². The van der Waals surface area contributed by atoms with Crippen molar-refractivity contribution in [3.63, 3.8) is 0 Å². The molecule has 1 heterocycles. The lowest BCUT2D eigenvalue weighted by atomic mass is 10.1. The van der Waals surface area contributed by atoms with E-state index in [4.69, 9.17) is 23.2 Å². The maximum atomic E-state index is 11.8. The molecule has 1 N–H and O–H groups in total. The highest BCUT2D eigenvalue weighted by Gasteiger charge is 2.12. The zero-order valence-electron chi connectivity index (χ0n) is 11.7. The number of carbonyl (C=O) groups excluding carboxylic acids is 1. The lowest BCUT2D eigenvalue weighted by Gasteiger charge is -2.14. The Morgan fingerprint density at radius 1 is 1.45 bits per heavy atom. The minimum absolute atomic E-state index is 0.0764. The van der Waals surface area contributed by atoms with Crippen LogP contribution in [0, 0.1) is 0 Å². The minimum atomic E-state index is -0.562. The second-order valence-electron chi connectivity index (χ2n) is 4.73. The Kier molecular flexibility index (Phi) is 7.02. The van der Waals surface area contributed by atoms with E-state index < -0.39 is 5.56 Å². The number of unbranched alkanes of at least 4 members (excludes halogenated alkanes) is 2. The van der Waals surface area contributed by atoms with Crippen LogP contribution in [0.25, 0.3) is 0 Å². The van der Waals surface area contributed by atoms with Crippen LogP contribution < -0.4 is 10.9 Å². The summed E-state index contributed by atoms with van der Waals surface area (Å²) in [5.41, 5.74) is -0.562. The van der Waals surface area contributed by atoms with Crippen molar-refractivity contribution in [2.45, 2.75) is 52.1 Å². The Hall–Kier alpha value is -1.07. The molecular formula is C13H19Cl2N3O2. The van der Waals surface area contributed by atoms with Crippen molar-refractivity contribution in [1.29, 1.82) is 0 Å². The molecule has 0 aliphatic rings. The van der Waals surface area contributed by atoms with Crippen LogP contribution in [0.3, 0.4) is 0 Å². The molecule has 7 heteroatoms. The number of rotatable bonds is 7. The van der Waals surface area contributed by atoms with E-state index in [0.717, 1.165) is 30.4 Å². The molecule has 1 rings (SSSR count). The predicted molar refractivity (Wildman–Crippen MR) is 80.3 cm³/mol. The standard InChI is InChI=1S/C13H19Cl2N3O2/c1-3-4-5-6-9(2)17-11(19)8-18-13(20)12(15)10(14)7-16-18/h7,9H,3-6,8H2,1-2H3,(H,17,19)/t9-/m0/s1. The largest absolute Gasteiger partial charge is 0.352 e. The van der Waals surface area contributed by atoms with Gasteiger partial charge in [0.1, 0.15) is 11.6 Å². The van der Waals surface area contributed by atoms with Crippen LogP contribution in [0.4, 0.5) is 0 Å². The van der Waals surface area contributed by atoms with E-state index in [-0.39, 0.29) is 28.5 Å². The van der Waals surface area contributed by atoms with Crippen LogP contribution in [0.2, 0.25) is 10.0 Å². The summed E-state index contributed by atoms with van der Waals surface area (Å²) < 4.78 is 1.00. The summed E-state index contributed by atoms with van der Waals surface area (Å²) in [7, 11) is 0. The Bertz CT molecular complexity index is 517. The van der Waals surface area contributed by atoms with Gasteiger partial charge >= 0.3 is 0 Å². The van der Waals surface area contributed by atoms with Crippen molar-refractivity contribution in [2.75, 3.05) is 0 Å². The molecular weight excluding hydrogens is 301 g/mol. The van der Waals surface area contributed by atoms with Gasteiger partial charge in [0.2, 0.25) is 5.91 Å². The zero-order chi connectivity index (χ0) is 15.1. The van der Waals surface area contributed by atoms with Crippen LogP contribution in [0.15, 0.2) is 11.0 Å². The molecule has 1 aromatic rings. The molecule has 0 spiro atoms. The predicted octanol–water partition coefficient (Wildman–Crippen LogP) is 2.64. The molecule has 0 saturated carbocycles.